The fraction of sp³-hybridized carbons (Fsp3) is 0.533. The molecule has 0 aromatic carbocycles. The van der Waals surface area contributed by atoms with E-state index < -0.39 is 5.91 Å². The molecule has 128 valence electrons. The van der Waals surface area contributed by atoms with Gasteiger partial charge in [-0.3, -0.25) is 19.5 Å². The number of rotatable bonds is 8. The standard InChI is InChI=1S/C15H24N4O4/c1-6-10(3)23-11(4)15(21)19(7-2)9-12-8-13(14(20)17-22)16-18(12)5/h8,10,22H,4,6-7,9H2,1-3,5H3,(H,17,20). The molecule has 2 N–H and O–H groups in total. The first-order valence-corrected chi connectivity index (χ1v) is 7.46. The van der Waals surface area contributed by atoms with Crippen LogP contribution in [0.3, 0.4) is 0 Å². The van der Waals surface area contributed by atoms with Gasteiger partial charge in [0.05, 0.1) is 18.3 Å². The summed E-state index contributed by atoms with van der Waals surface area (Å²) in [6.45, 7) is 10.1. The first-order chi connectivity index (χ1) is 10.8. The van der Waals surface area contributed by atoms with E-state index in [1.54, 1.807) is 11.9 Å². The number of nitrogens with zero attached hydrogens (tertiary/aromatic N) is 3. The van der Waals surface area contributed by atoms with Gasteiger partial charge in [-0.2, -0.15) is 5.10 Å². The van der Waals surface area contributed by atoms with Crippen LogP contribution in [0.15, 0.2) is 18.4 Å². The van der Waals surface area contributed by atoms with Crippen molar-refractivity contribution >= 4 is 11.8 Å². The Morgan fingerprint density at radius 3 is 2.70 bits per heavy atom. The second-order valence-corrected chi connectivity index (χ2v) is 5.16. The molecule has 0 aliphatic heterocycles. The van der Waals surface area contributed by atoms with Crippen molar-refractivity contribution in [2.24, 2.45) is 7.05 Å². The zero-order valence-electron chi connectivity index (χ0n) is 14.0. The molecule has 1 aromatic rings. The molecule has 0 saturated heterocycles. The molecule has 1 unspecified atom stereocenters. The number of aromatic nitrogens is 2. The Balaban J connectivity index is 2.83. The van der Waals surface area contributed by atoms with Crippen LogP contribution in [0.1, 0.15) is 43.4 Å². The molecular formula is C15H24N4O4. The van der Waals surface area contributed by atoms with E-state index in [9.17, 15) is 9.59 Å². The first-order valence-electron chi connectivity index (χ1n) is 7.46. The largest absolute Gasteiger partial charge is 0.486 e. The quantitative estimate of drug-likeness (QED) is 0.324. The van der Waals surface area contributed by atoms with Gasteiger partial charge in [-0.15, -0.1) is 0 Å². The van der Waals surface area contributed by atoms with Crippen LogP contribution >= 0.6 is 0 Å². The summed E-state index contributed by atoms with van der Waals surface area (Å²) < 4.78 is 6.95. The third-order valence-electron chi connectivity index (χ3n) is 3.49. The van der Waals surface area contributed by atoms with Crippen molar-refractivity contribution in [2.45, 2.75) is 39.8 Å². The van der Waals surface area contributed by atoms with Crippen LogP contribution in [0, 0.1) is 0 Å². The highest BCUT2D eigenvalue weighted by Gasteiger charge is 2.21. The van der Waals surface area contributed by atoms with Crippen LogP contribution in [0.4, 0.5) is 0 Å². The van der Waals surface area contributed by atoms with Crippen molar-refractivity contribution in [3.8, 4) is 0 Å². The van der Waals surface area contributed by atoms with Gasteiger partial charge < -0.3 is 9.64 Å². The number of hydrogen-bond acceptors (Lipinski definition) is 5. The Hall–Kier alpha value is -2.35. The smallest absolute Gasteiger partial charge is 0.295 e. The maximum absolute atomic E-state index is 12.4. The highest BCUT2D eigenvalue weighted by atomic mass is 16.5. The minimum absolute atomic E-state index is 0.0724. The Labute approximate surface area is 135 Å². The van der Waals surface area contributed by atoms with Crippen molar-refractivity contribution in [3.05, 3.63) is 29.8 Å². The summed E-state index contributed by atoms with van der Waals surface area (Å²) >= 11 is 0. The molecule has 0 spiro atoms. The van der Waals surface area contributed by atoms with Crippen molar-refractivity contribution in [2.75, 3.05) is 6.54 Å². The number of hydrogen-bond donors (Lipinski definition) is 2. The van der Waals surface area contributed by atoms with E-state index >= 15 is 0 Å². The number of ether oxygens (including phenoxy) is 1. The van der Waals surface area contributed by atoms with Crippen molar-refractivity contribution in [1.82, 2.24) is 20.2 Å². The molecule has 8 nitrogen and oxygen atoms in total. The zero-order valence-corrected chi connectivity index (χ0v) is 14.0. The van der Waals surface area contributed by atoms with Crippen LogP contribution in [0.25, 0.3) is 0 Å². The number of likely N-dealkylation sites (N-methyl/N-ethyl adjacent to an activating group) is 1. The highest BCUT2D eigenvalue weighted by Crippen LogP contribution is 2.12. The SMILES string of the molecule is C=C(OC(C)CC)C(=O)N(CC)Cc1cc(C(=O)NO)nn1C. The van der Waals surface area contributed by atoms with Crippen LogP contribution in [-0.2, 0) is 23.1 Å². The Kier molecular flexibility index (Phi) is 6.77. The lowest BCUT2D eigenvalue weighted by Gasteiger charge is -2.23. The monoisotopic (exact) mass is 324 g/mol. The summed E-state index contributed by atoms with van der Waals surface area (Å²) in [6.07, 6.45) is 0.696. The van der Waals surface area contributed by atoms with Gasteiger partial charge >= 0.3 is 0 Å². The van der Waals surface area contributed by atoms with E-state index in [4.69, 9.17) is 9.94 Å². The molecule has 8 heteroatoms. The lowest BCUT2D eigenvalue weighted by molar-refractivity contribution is -0.132. The van der Waals surface area contributed by atoms with Crippen molar-refractivity contribution < 1.29 is 19.5 Å². The number of amides is 2. The maximum Gasteiger partial charge on any atom is 0.295 e. The minimum Gasteiger partial charge on any atom is -0.486 e. The van der Waals surface area contributed by atoms with Gasteiger partial charge in [-0.05, 0) is 26.3 Å². The average molecular weight is 324 g/mol. The maximum atomic E-state index is 12.4. The van der Waals surface area contributed by atoms with Crippen LogP contribution in [0.5, 0.6) is 0 Å². The molecule has 1 atom stereocenters. The van der Waals surface area contributed by atoms with Gasteiger partial charge in [-0.25, -0.2) is 5.48 Å². The molecule has 0 bridgehead atoms. The van der Waals surface area contributed by atoms with Gasteiger partial charge in [0, 0.05) is 13.6 Å². The van der Waals surface area contributed by atoms with Crippen molar-refractivity contribution in [3.63, 3.8) is 0 Å². The zero-order chi connectivity index (χ0) is 17.6. The molecular weight excluding hydrogens is 300 g/mol. The third-order valence-corrected chi connectivity index (χ3v) is 3.49. The Morgan fingerprint density at radius 1 is 1.52 bits per heavy atom. The molecule has 0 saturated carbocycles. The molecule has 0 aliphatic rings. The fourth-order valence-electron chi connectivity index (χ4n) is 1.90. The highest BCUT2D eigenvalue weighted by molar-refractivity contribution is 5.92. The average Bonchev–Trinajstić information content (AvgIpc) is 2.91. The van der Waals surface area contributed by atoms with Gasteiger partial charge in [0.2, 0.25) is 0 Å². The van der Waals surface area contributed by atoms with Gasteiger partial charge in [0.1, 0.15) is 0 Å². The summed E-state index contributed by atoms with van der Waals surface area (Å²) in [5.74, 6) is -0.912. The van der Waals surface area contributed by atoms with Crippen LogP contribution in [-0.4, -0.2) is 44.4 Å². The summed E-state index contributed by atoms with van der Waals surface area (Å²) in [6, 6.07) is 1.51. The van der Waals surface area contributed by atoms with E-state index in [2.05, 4.69) is 11.7 Å². The van der Waals surface area contributed by atoms with E-state index in [1.807, 2.05) is 20.8 Å². The van der Waals surface area contributed by atoms with E-state index in [1.165, 1.54) is 16.2 Å². The fourth-order valence-corrected chi connectivity index (χ4v) is 1.90. The van der Waals surface area contributed by atoms with Crippen LogP contribution < -0.4 is 5.48 Å². The second kappa shape index (κ2) is 8.33. The predicted molar refractivity (Wildman–Crippen MR) is 83.5 cm³/mol. The number of carbonyl (C=O) groups is 2. The first kappa shape index (κ1) is 18.7. The molecule has 1 rings (SSSR count). The number of carbonyl (C=O) groups excluding carboxylic acids is 2. The molecule has 0 fully saturated rings. The van der Waals surface area contributed by atoms with Gasteiger partial charge in [0.25, 0.3) is 11.8 Å². The summed E-state index contributed by atoms with van der Waals surface area (Å²) in [7, 11) is 1.66. The molecule has 1 heterocycles. The summed E-state index contributed by atoms with van der Waals surface area (Å²) in [5.41, 5.74) is 2.25. The van der Waals surface area contributed by atoms with Gasteiger partial charge in [0.15, 0.2) is 11.5 Å². The number of nitrogens with one attached hydrogen (secondary N) is 1. The molecule has 2 amide bonds. The number of hydroxylamine groups is 1. The molecule has 0 aliphatic carbocycles. The predicted octanol–water partition coefficient (Wildman–Crippen LogP) is 1.22. The van der Waals surface area contributed by atoms with Crippen LogP contribution in [0.2, 0.25) is 0 Å². The molecule has 23 heavy (non-hydrogen) atoms. The normalized spacial score (nSPS) is 11.7. The van der Waals surface area contributed by atoms with Gasteiger partial charge in [-0.1, -0.05) is 13.5 Å². The Bertz CT molecular complexity index is 582. The summed E-state index contributed by atoms with van der Waals surface area (Å²) in [5, 5.41) is 12.6. The summed E-state index contributed by atoms with van der Waals surface area (Å²) in [4.78, 5) is 25.3. The Morgan fingerprint density at radius 2 is 2.17 bits per heavy atom. The second-order valence-electron chi connectivity index (χ2n) is 5.16. The minimum atomic E-state index is -0.703. The lowest BCUT2D eigenvalue weighted by Crippen LogP contribution is -2.33. The third kappa shape index (κ3) is 4.82. The topological polar surface area (TPSA) is 96.7 Å². The molecule has 1 aromatic heterocycles. The van der Waals surface area contributed by atoms with E-state index in [-0.39, 0.29) is 30.0 Å². The molecule has 0 radical (unpaired) electrons. The number of aryl methyl sites for hydroxylation is 1. The van der Waals surface area contributed by atoms with E-state index in [0.717, 1.165) is 6.42 Å². The lowest BCUT2D eigenvalue weighted by atomic mass is 10.3. The van der Waals surface area contributed by atoms with E-state index in [0.29, 0.717) is 12.2 Å². The van der Waals surface area contributed by atoms with Crippen molar-refractivity contribution in [1.29, 1.82) is 0 Å².